The highest BCUT2D eigenvalue weighted by molar-refractivity contribution is 5.93. The van der Waals surface area contributed by atoms with E-state index in [1.807, 2.05) is 0 Å². The summed E-state index contributed by atoms with van der Waals surface area (Å²) < 4.78 is 75.3. The van der Waals surface area contributed by atoms with Crippen LogP contribution < -0.4 is 5.32 Å². The molecule has 1 atom stereocenters. The SMILES string of the molecule is O=C(Nc1cccc(C(F)(F)F)c1)C1CCCN(C(=O)C(F)(F)F)C1. The van der Waals surface area contributed by atoms with E-state index >= 15 is 0 Å². The zero-order valence-corrected chi connectivity index (χ0v) is 12.7. The molecule has 0 spiro atoms. The maximum absolute atomic E-state index is 12.6. The van der Waals surface area contributed by atoms with Crippen LogP contribution in [0, 0.1) is 5.92 Å². The maximum Gasteiger partial charge on any atom is 0.471 e. The number of nitrogens with one attached hydrogen (secondary N) is 1. The first kappa shape index (κ1) is 19.1. The Morgan fingerprint density at radius 2 is 1.80 bits per heavy atom. The molecule has 1 unspecified atom stereocenters. The number of nitrogens with zero attached hydrogens (tertiary/aromatic N) is 1. The summed E-state index contributed by atoms with van der Waals surface area (Å²) in [6.45, 7) is -0.547. The number of carbonyl (C=O) groups excluding carboxylic acids is 2. The highest BCUT2D eigenvalue weighted by Gasteiger charge is 2.44. The number of alkyl halides is 6. The molecular weight excluding hydrogens is 354 g/mol. The van der Waals surface area contributed by atoms with Crippen LogP contribution in [0.2, 0.25) is 0 Å². The second-order valence-electron chi connectivity index (χ2n) is 5.66. The number of carbonyl (C=O) groups is 2. The molecule has 1 saturated heterocycles. The predicted molar refractivity (Wildman–Crippen MR) is 75.4 cm³/mol. The van der Waals surface area contributed by atoms with Crippen molar-refractivity contribution in [1.29, 1.82) is 0 Å². The average molecular weight is 368 g/mol. The van der Waals surface area contributed by atoms with Gasteiger partial charge in [0.05, 0.1) is 11.5 Å². The van der Waals surface area contributed by atoms with Gasteiger partial charge in [-0.2, -0.15) is 26.3 Å². The van der Waals surface area contributed by atoms with Crippen molar-refractivity contribution in [1.82, 2.24) is 4.90 Å². The van der Waals surface area contributed by atoms with Crippen LogP contribution in [0.1, 0.15) is 18.4 Å². The molecule has 1 aliphatic heterocycles. The normalized spacial score (nSPS) is 18.8. The molecule has 2 amide bonds. The summed E-state index contributed by atoms with van der Waals surface area (Å²) in [5.41, 5.74) is -1.07. The fraction of sp³-hybridized carbons (Fsp3) is 0.467. The number of rotatable bonds is 2. The molecule has 0 radical (unpaired) electrons. The number of piperidine rings is 1. The summed E-state index contributed by atoms with van der Waals surface area (Å²) >= 11 is 0. The van der Waals surface area contributed by atoms with E-state index in [0.29, 0.717) is 4.90 Å². The largest absolute Gasteiger partial charge is 0.471 e. The van der Waals surface area contributed by atoms with Crippen LogP contribution >= 0.6 is 0 Å². The van der Waals surface area contributed by atoms with Crippen LogP contribution in [-0.4, -0.2) is 36.0 Å². The number of amides is 2. The number of hydrogen-bond donors (Lipinski definition) is 1. The van der Waals surface area contributed by atoms with Crippen LogP contribution in [0.25, 0.3) is 0 Å². The van der Waals surface area contributed by atoms with Gasteiger partial charge in [-0.3, -0.25) is 9.59 Å². The zero-order valence-electron chi connectivity index (χ0n) is 12.7. The lowest BCUT2D eigenvalue weighted by atomic mass is 9.97. The molecule has 0 bridgehead atoms. The van der Waals surface area contributed by atoms with E-state index in [1.54, 1.807) is 0 Å². The van der Waals surface area contributed by atoms with Crippen LogP contribution in [0.5, 0.6) is 0 Å². The highest BCUT2D eigenvalue weighted by Crippen LogP contribution is 2.31. The van der Waals surface area contributed by atoms with Crippen molar-refractivity contribution in [2.45, 2.75) is 25.2 Å². The van der Waals surface area contributed by atoms with Gasteiger partial charge < -0.3 is 10.2 Å². The third kappa shape index (κ3) is 4.86. The molecule has 1 aliphatic rings. The molecule has 25 heavy (non-hydrogen) atoms. The van der Waals surface area contributed by atoms with Crippen molar-refractivity contribution < 1.29 is 35.9 Å². The Bertz CT molecular complexity index is 656. The highest BCUT2D eigenvalue weighted by atomic mass is 19.4. The minimum Gasteiger partial charge on any atom is -0.334 e. The predicted octanol–water partition coefficient (Wildman–Crippen LogP) is 3.44. The fourth-order valence-electron chi connectivity index (χ4n) is 2.57. The lowest BCUT2D eigenvalue weighted by Crippen LogP contribution is -2.48. The second kappa shape index (κ2) is 6.93. The van der Waals surface area contributed by atoms with Gasteiger partial charge in [-0.25, -0.2) is 0 Å². The fourth-order valence-corrected chi connectivity index (χ4v) is 2.57. The summed E-state index contributed by atoms with van der Waals surface area (Å²) in [5, 5.41) is 2.26. The van der Waals surface area contributed by atoms with Gasteiger partial charge in [0.25, 0.3) is 0 Å². The molecule has 1 fully saturated rings. The van der Waals surface area contributed by atoms with Crippen molar-refractivity contribution in [3.05, 3.63) is 29.8 Å². The third-order valence-electron chi connectivity index (χ3n) is 3.78. The molecular formula is C15H14F6N2O2. The van der Waals surface area contributed by atoms with Gasteiger partial charge in [0.1, 0.15) is 0 Å². The van der Waals surface area contributed by atoms with Gasteiger partial charge in [-0.05, 0) is 31.0 Å². The first-order chi connectivity index (χ1) is 11.5. The van der Waals surface area contributed by atoms with Gasteiger partial charge in [-0.15, -0.1) is 0 Å². The van der Waals surface area contributed by atoms with Crippen molar-refractivity contribution >= 4 is 17.5 Å². The summed E-state index contributed by atoms with van der Waals surface area (Å²) in [7, 11) is 0. The van der Waals surface area contributed by atoms with Crippen molar-refractivity contribution in [3.63, 3.8) is 0 Å². The smallest absolute Gasteiger partial charge is 0.334 e. The van der Waals surface area contributed by atoms with Gasteiger partial charge in [-0.1, -0.05) is 6.07 Å². The van der Waals surface area contributed by atoms with E-state index < -0.39 is 42.2 Å². The Hall–Kier alpha value is -2.26. The van der Waals surface area contributed by atoms with E-state index in [0.717, 1.165) is 18.2 Å². The standard InChI is InChI=1S/C15H14F6N2O2/c16-14(17,18)10-4-1-5-11(7-10)22-12(24)9-3-2-6-23(8-9)13(25)15(19,20)21/h1,4-5,7,9H,2-3,6,8H2,(H,22,24). The Kier molecular flexibility index (Phi) is 5.28. The van der Waals surface area contributed by atoms with Gasteiger partial charge in [0.2, 0.25) is 5.91 Å². The molecule has 10 heteroatoms. The Morgan fingerprint density at radius 1 is 1.12 bits per heavy atom. The number of likely N-dealkylation sites (tertiary alicyclic amines) is 1. The maximum atomic E-state index is 12.6. The Balaban J connectivity index is 2.05. The van der Waals surface area contributed by atoms with Gasteiger partial charge in [0.15, 0.2) is 0 Å². The van der Waals surface area contributed by atoms with Crippen molar-refractivity contribution in [2.75, 3.05) is 18.4 Å². The molecule has 4 nitrogen and oxygen atoms in total. The van der Waals surface area contributed by atoms with E-state index in [2.05, 4.69) is 5.32 Å². The van der Waals surface area contributed by atoms with Crippen LogP contribution in [0.4, 0.5) is 32.0 Å². The van der Waals surface area contributed by atoms with E-state index in [9.17, 15) is 35.9 Å². The van der Waals surface area contributed by atoms with Crippen molar-refractivity contribution in [3.8, 4) is 0 Å². The molecule has 0 aliphatic carbocycles. The van der Waals surface area contributed by atoms with E-state index in [4.69, 9.17) is 0 Å². The van der Waals surface area contributed by atoms with Crippen LogP contribution in [0.15, 0.2) is 24.3 Å². The number of benzene rings is 1. The lowest BCUT2D eigenvalue weighted by Gasteiger charge is -2.32. The Morgan fingerprint density at radius 3 is 2.40 bits per heavy atom. The number of hydrogen-bond acceptors (Lipinski definition) is 2. The van der Waals surface area contributed by atoms with Crippen LogP contribution in [0.3, 0.4) is 0 Å². The summed E-state index contributed by atoms with van der Waals surface area (Å²) in [4.78, 5) is 23.9. The lowest BCUT2D eigenvalue weighted by molar-refractivity contribution is -0.187. The Labute approximate surface area is 138 Å². The second-order valence-corrected chi connectivity index (χ2v) is 5.66. The summed E-state index contributed by atoms with van der Waals surface area (Å²) in [6.07, 6.45) is -9.17. The number of halogens is 6. The molecule has 2 rings (SSSR count). The molecule has 1 aromatic carbocycles. The molecule has 0 aromatic heterocycles. The molecule has 1 N–H and O–H groups in total. The molecule has 0 saturated carbocycles. The minimum atomic E-state index is -5.03. The third-order valence-corrected chi connectivity index (χ3v) is 3.78. The first-order valence-corrected chi connectivity index (χ1v) is 7.32. The minimum absolute atomic E-state index is 0.112. The van der Waals surface area contributed by atoms with Gasteiger partial charge in [0, 0.05) is 18.8 Å². The van der Waals surface area contributed by atoms with Crippen molar-refractivity contribution in [2.24, 2.45) is 5.92 Å². The number of anilines is 1. The van der Waals surface area contributed by atoms with E-state index in [1.165, 1.54) is 6.07 Å². The van der Waals surface area contributed by atoms with E-state index in [-0.39, 0.29) is 25.1 Å². The quantitative estimate of drug-likeness (QED) is 0.813. The molecule has 1 heterocycles. The van der Waals surface area contributed by atoms with Gasteiger partial charge >= 0.3 is 18.3 Å². The zero-order chi connectivity index (χ0) is 18.8. The molecule has 1 aromatic rings. The summed E-state index contributed by atoms with van der Waals surface area (Å²) in [6, 6.07) is 3.92. The summed E-state index contributed by atoms with van der Waals surface area (Å²) in [5.74, 6) is -3.67. The van der Waals surface area contributed by atoms with Crippen LogP contribution in [-0.2, 0) is 15.8 Å². The monoisotopic (exact) mass is 368 g/mol. The topological polar surface area (TPSA) is 49.4 Å². The first-order valence-electron chi connectivity index (χ1n) is 7.32. The average Bonchev–Trinajstić information content (AvgIpc) is 2.53. The molecule has 138 valence electrons.